The minimum Gasteiger partial charge on any atom is -0.497 e. The number of benzene rings is 2. The summed E-state index contributed by atoms with van der Waals surface area (Å²) >= 11 is 9.04. The van der Waals surface area contributed by atoms with E-state index in [0.29, 0.717) is 20.9 Å². The Morgan fingerprint density at radius 1 is 1.15 bits per heavy atom. The third kappa shape index (κ3) is 3.45. The minimum absolute atomic E-state index is 0.136. The van der Waals surface area contributed by atoms with Crippen LogP contribution in [-0.2, 0) is 10.0 Å². The maximum atomic E-state index is 12.2. The average Bonchev–Trinajstić information content (AvgIpc) is 2.41. The molecule has 0 radical (unpaired) electrons. The molecule has 0 spiro atoms. The van der Waals surface area contributed by atoms with Crippen LogP contribution in [0.3, 0.4) is 0 Å². The van der Waals surface area contributed by atoms with E-state index >= 15 is 0 Å². The lowest BCUT2D eigenvalue weighted by Gasteiger charge is -2.11. The van der Waals surface area contributed by atoms with E-state index in [4.69, 9.17) is 16.3 Å². The Labute approximate surface area is 130 Å². The van der Waals surface area contributed by atoms with Crippen molar-refractivity contribution in [2.24, 2.45) is 0 Å². The fraction of sp³-hybridized carbons (Fsp3) is 0.0769. The number of anilines is 1. The second-order valence-electron chi connectivity index (χ2n) is 3.91. The van der Waals surface area contributed by atoms with Gasteiger partial charge in [-0.3, -0.25) is 4.72 Å². The van der Waals surface area contributed by atoms with Crippen LogP contribution in [0.1, 0.15) is 0 Å². The predicted octanol–water partition coefficient (Wildman–Crippen LogP) is 3.91. The lowest BCUT2D eigenvalue weighted by atomic mass is 10.3. The van der Waals surface area contributed by atoms with Crippen LogP contribution >= 0.6 is 27.5 Å². The third-order valence-corrected chi connectivity index (χ3v) is 4.87. The number of hydrogen-bond donors (Lipinski definition) is 1. The van der Waals surface area contributed by atoms with Crippen LogP contribution in [-0.4, -0.2) is 15.5 Å². The van der Waals surface area contributed by atoms with Gasteiger partial charge in [0, 0.05) is 15.6 Å². The second-order valence-corrected chi connectivity index (χ2v) is 6.88. The number of ether oxygens (including phenoxy) is 1. The Kier molecular flexibility index (Phi) is 4.57. The van der Waals surface area contributed by atoms with Crippen molar-refractivity contribution in [1.29, 1.82) is 0 Å². The summed E-state index contributed by atoms with van der Waals surface area (Å²) in [5, 5.41) is 0.478. The fourth-order valence-corrected chi connectivity index (χ4v) is 3.20. The van der Waals surface area contributed by atoms with E-state index in [1.54, 1.807) is 18.2 Å². The van der Waals surface area contributed by atoms with Crippen LogP contribution in [0.15, 0.2) is 51.8 Å². The van der Waals surface area contributed by atoms with Crippen molar-refractivity contribution in [3.63, 3.8) is 0 Å². The largest absolute Gasteiger partial charge is 0.497 e. The first-order valence-corrected chi connectivity index (χ1v) is 8.20. The van der Waals surface area contributed by atoms with Crippen molar-refractivity contribution < 1.29 is 13.2 Å². The van der Waals surface area contributed by atoms with Gasteiger partial charge in [-0.2, -0.15) is 0 Å². The van der Waals surface area contributed by atoms with Crippen molar-refractivity contribution in [3.05, 3.63) is 52.0 Å². The second kappa shape index (κ2) is 6.03. The quantitative estimate of drug-likeness (QED) is 0.880. The summed E-state index contributed by atoms with van der Waals surface area (Å²) in [5.74, 6) is 0.557. The number of methoxy groups -OCH3 is 1. The van der Waals surface area contributed by atoms with Crippen LogP contribution < -0.4 is 9.46 Å². The molecule has 0 aliphatic carbocycles. The highest BCUT2D eigenvalue weighted by atomic mass is 79.9. The van der Waals surface area contributed by atoms with Gasteiger partial charge in [0.25, 0.3) is 10.0 Å². The highest BCUT2D eigenvalue weighted by Gasteiger charge is 2.16. The SMILES string of the molecule is COc1ccc(Br)c(NS(=O)(=O)c2ccc(Cl)cc2)c1. The summed E-state index contributed by atoms with van der Waals surface area (Å²) in [6, 6.07) is 11.0. The Morgan fingerprint density at radius 2 is 1.80 bits per heavy atom. The van der Waals surface area contributed by atoms with Crippen molar-refractivity contribution in [1.82, 2.24) is 0 Å². The van der Waals surface area contributed by atoms with Crippen LogP contribution in [0.4, 0.5) is 5.69 Å². The van der Waals surface area contributed by atoms with Gasteiger partial charge in [0.2, 0.25) is 0 Å². The summed E-state index contributed by atoms with van der Waals surface area (Å²) in [6.07, 6.45) is 0. The summed E-state index contributed by atoms with van der Waals surface area (Å²) in [4.78, 5) is 0.136. The molecule has 0 bridgehead atoms. The maximum Gasteiger partial charge on any atom is 0.261 e. The fourth-order valence-electron chi connectivity index (χ4n) is 1.53. The zero-order valence-corrected chi connectivity index (χ0v) is 13.6. The first kappa shape index (κ1) is 15.2. The molecule has 0 aromatic heterocycles. The first-order valence-electron chi connectivity index (χ1n) is 5.54. The third-order valence-electron chi connectivity index (χ3n) is 2.54. The lowest BCUT2D eigenvalue weighted by Crippen LogP contribution is -2.13. The van der Waals surface area contributed by atoms with E-state index in [1.807, 2.05) is 0 Å². The Bertz CT molecular complexity index is 717. The number of sulfonamides is 1. The van der Waals surface area contributed by atoms with E-state index < -0.39 is 10.0 Å². The van der Waals surface area contributed by atoms with Crippen LogP contribution in [0, 0.1) is 0 Å². The molecular weight excluding hydrogens is 366 g/mol. The number of hydrogen-bond acceptors (Lipinski definition) is 3. The standard InChI is InChI=1S/C13H11BrClNO3S/c1-19-10-4-7-12(14)13(8-10)16-20(17,18)11-5-2-9(15)3-6-11/h2-8,16H,1H3. The number of nitrogens with one attached hydrogen (secondary N) is 1. The highest BCUT2D eigenvalue weighted by molar-refractivity contribution is 9.10. The van der Waals surface area contributed by atoms with E-state index in [-0.39, 0.29) is 4.90 Å². The smallest absolute Gasteiger partial charge is 0.261 e. The van der Waals surface area contributed by atoms with Gasteiger partial charge in [-0.15, -0.1) is 0 Å². The predicted molar refractivity (Wildman–Crippen MR) is 83.0 cm³/mol. The van der Waals surface area contributed by atoms with Gasteiger partial charge in [0.05, 0.1) is 17.7 Å². The van der Waals surface area contributed by atoms with Crippen LogP contribution in [0.5, 0.6) is 5.75 Å². The zero-order valence-electron chi connectivity index (χ0n) is 10.4. The normalized spacial score (nSPS) is 11.2. The van der Waals surface area contributed by atoms with Gasteiger partial charge < -0.3 is 4.74 Å². The van der Waals surface area contributed by atoms with Gasteiger partial charge in [0.15, 0.2) is 0 Å². The van der Waals surface area contributed by atoms with E-state index in [0.717, 1.165) is 0 Å². The van der Waals surface area contributed by atoms with Crippen molar-refractivity contribution >= 4 is 43.2 Å². The van der Waals surface area contributed by atoms with Crippen LogP contribution in [0.2, 0.25) is 5.02 Å². The highest BCUT2D eigenvalue weighted by Crippen LogP contribution is 2.29. The van der Waals surface area contributed by atoms with E-state index in [9.17, 15) is 8.42 Å². The summed E-state index contributed by atoms with van der Waals surface area (Å²) in [5.41, 5.74) is 0.402. The van der Waals surface area contributed by atoms with E-state index in [1.165, 1.54) is 31.4 Å². The summed E-state index contributed by atoms with van der Waals surface area (Å²) in [6.45, 7) is 0. The van der Waals surface area contributed by atoms with Gasteiger partial charge >= 0.3 is 0 Å². The van der Waals surface area contributed by atoms with E-state index in [2.05, 4.69) is 20.7 Å². The molecule has 0 aliphatic heterocycles. The molecule has 2 rings (SSSR count). The van der Waals surface area contributed by atoms with Crippen molar-refractivity contribution in [2.45, 2.75) is 4.90 Å². The number of rotatable bonds is 4. The van der Waals surface area contributed by atoms with Gasteiger partial charge in [0.1, 0.15) is 5.75 Å². The summed E-state index contributed by atoms with van der Waals surface area (Å²) < 4.78 is 32.7. The molecule has 2 aromatic carbocycles. The average molecular weight is 377 g/mol. The molecule has 0 aliphatic rings. The molecule has 0 amide bonds. The zero-order chi connectivity index (χ0) is 14.8. The molecule has 4 nitrogen and oxygen atoms in total. The van der Waals surface area contributed by atoms with Crippen LogP contribution in [0.25, 0.3) is 0 Å². The minimum atomic E-state index is -3.67. The maximum absolute atomic E-state index is 12.2. The molecule has 7 heteroatoms. The Hall–Kier alpha value is -1.24. The number of halogens is 2. The first-order chi connectivity index (χ1) is 9.42. The molecule has 106 valence electrons. The molecule has 0 atom stereocenters. The molecule has 1 N–H and O–H groups in total. The molecule has 20 heavy (non-hydrogen) atoms. The van der Waals surface area contributed by atoms with Gasteiger partial charge in [-0.05, 0) is 52.3 Å². The molecular formula is C13H11BrClNO3S. The topological polar surface area (TPSA) is 55.4 Å². The van der Waals surface area contributed by atoms with Gasteiger partial charge in [-0.1, -0.05) is 11.6 Å². The van der Waals surface area contributed by atoms with Gasteiger partial charge in [-0.25, -0.2) is 8.42 Å². The Balaban J connectivity index is 2.35. The van der Waals surface area contributed by atoms with Crippen molar-refractivity contribution in [2.75, 3.05) is 11.8 Å². The monoisotopic (exact) mass is 375 g/mol. The lowest BCUT2D eigenvalue weighted by molar-refractivity contribution is 0.415. The summed E-state index contributed by atoms with van der Waals surface area (Å²) in [7, 11) is -2.16. The van der Waals surface area contributed by atoms with Crippen molar-refractivity contribution in [3.8, 4) is 5.75 Å². The molecule has 0 heterocycles. The molecule has 2 aromatic rings. The molecule has 0 unspecified atom stereocenters. The molecule has 0 saturated carbocycles. The molecule has 0 fully saturated rings. The molecule has 0 saturated heterocycles. The Morgan fingerprint density at radius 3 is 2.40 bits per heavy atom.